The first-order valence-electron chi connectivity index (χ1n) is 6.04. The van der Waals surface area contributed by atoms with Crippen LogP contribution in [-0.4, -0.2) is 39.0 Å². The predicted molar refractivity (Wildman–Crippen MR) is 69.9 cm³/mol. The van der Waals surface area contributed by atoms with Gasteiger partial charge in [0, 0.05) is 24.2 Å². The molecule has 1 aliphatic heterocycles. The Kier molecular flexibility index (Phi) is 3.26. The van der Waals surface area contributed by atoms with Gasteiger partial charge in [-0.2, -0.15) is 0 Å². The van der Waals surface area contributed by atoms with E-state index in [2.05, 4.69) is 25.9 Å². The summed E-state index contributed by atoms with van der Waals surface area (Å²) in [7, 11) is 0. The maximum Gasteiger partial charge on any atom is 0.273 e. The molecule has 0 atom stereocenters. The van der Waals surface area contributed by atoms with Crippen LogP contribution in [0.2, 0.25) is 0 Å². The highest BCUT2D eigenvalue weighted by molar-refractivity contribution is 7.11. The van der Waals surface area contributed by atoms with Crippen LogP contribution in [0.15, 0.2) is 12.4 Å². The summed E-state index contributed by atoms with van der Waals surface area (Å²) in [6.45, 7) is 4.17. The van der Waals surface area contributed by atoms with E-state index in [1.165, 1.54) is 0 Å². The Labute approximate surface area is 114 Å². The molecule has 1 fully saturated rings. The van der Waals surface area contributed by atoms with Crippen molar-refractivity contribution in [3.05, 3.63) is 28.0 Å². The Morgan fingerprint density at radius 1 is 1.63 bits per heavy atom. The quantitative estimate of drug-likeness (QED) is 0.829. The summed E-state index contributed by atoms with van der Waals surface area (Å²) >= 11 is 1.57. The molecule has 0 aromatic carbocycles. The van der Waals surface area contributed by atoms with Crippen LogP contribution in [0.3, 0.4) is 0 Å². The van der Waals surface area contributed by atoms with Crippen LogP contribution in [0.25, 0.3) is 0 Å². The number of rotatable bonds is 4. The molecule has 100 valence electrons. The monoisotopic (exact) mass is 278 g/mol. The minimum atomic E-state index is -0.204. The summed E-state index contributed by atoms with van der Waals surface area (Å²) in [5.74, 6) is -0.204. The predicted octanol–water partition coefficient (Wildman–Crippen LogP) is 0.117. The molecule has 3 heterocycles. The fourth-order valence-corrected chi connectivity index (χ4v) is 2.50. The van der Waals surface area contributed by atoms with Crippen LogP contribution in [0.5, 0.6) is 0 Å². The minimum absolute atomic E-state index is 0.204. The molecule has 0 saturated carbocycles. The van der Waals surface area contributed by atoms with Gasteiger partial charge in [-0.15, -0.1) is 16.4 Å². The molecule has 2 N–H and O–H groups in total. The molecule has 0 aliphatic carbocycles. The Balaban J connectivity index is 1.58. The largest absolute Gasteiger partial charge is 0.346 e. The summed E-state index contributed by atoms with van der Waals surface area (Å²) < 4.78 is 1.74. The van der Waals surface area contributed by atoms with Gasteiger partial charge in [0.2, 0.25) is 0 Å². The van der Waals surface area contributed by atoms with Crippen molar-refractivity contribution in [1.82, 2.24) is 30.6 Å². The third-order valence-corrected chi connectivity index (χ3v) is 3.88. The van der Waals surface area contributed by atoms with Gasteiger partial charge in [0.25, 0.3) is 5.91 Å². The molecule has 19 heavy (non-hydrogen) atoms. The number of carbonyl (C=O) groups is 1. The molecular weight excluding hydrogens is 264 g/mol. The zero-order valence-corrected chi connectivity index (χ0v) is 11.3. The summed E-state index contributed by atoms with van der Waals surface area (Å²) in [5.41, 5.74) is 0.355. The number of hydrogen-bond acceptors (Lipinski definition) is 6. The molecule has 0 bridgehead atoms. The summed E-state index contributed by atoms with van der Waals surface area (Å²) in [6.07, 6.45) is 3.47. The van der Waals surface area contributed by atoms with Crippen LogP contribution in [-0.2, 0) is 6.54 Å². The molecule has 3 rings (SSSR count). The van der Waals surface area contributed by atoms with Gasteiger partial charge in [-0.1, -0.05) is 5.21 Å². The fraction of sp³-hybridized carbons (Fsp3) is 0.455. The molecule has 8 heteroatoms. The standard InChI is InChI=1S/C11H14N6OS/c1-7-13-4-9(19-7)5-14-11(18)10-6-17(16-15-10)8-2-12-3-8/h4,6,8,12H,2-3,5H2,1H3,(H,14,18). The third-order valence-electron chi connectivity index (χ3n) is 2.97. The molecule has 0 unspecified atom stereocenters. The van der Waals surface area contributed by atoms with Gasteiger partial charge in [-0.3, -0.25) is 4.79 Å². The van der Waals surface area contributed by atoms with Crippen molar-refractivity contribution in [2.24, 2.45) is 0 Å². The highest BCUT2D eigenvalue weighted by atomic mass is 32.1. The lowest BCUT2D eigenvalue weighted by Crippen LogP contribution is -2.43. The average Bonchev–Trinajstić information content (AvgIpc) is 2.93. The number of carbonyl (C=O) groups excluding carboxylic acids is 1. The molecule has 0 spiro atoms. The molecule has 2 aromatic rings. The number of amides is 1. The number of nitrogens with one attached hydrogen (secondary N) is 2. The Bertz CT molecular complexity index is 588. The average molecular weight is 278 g/mol. The van der Waals surface area contributed by atoms with Crippen molar-refractivity contribution in [2.45, 2.75) is 19.5 Å². The zero-order valence-electron chi connectivity index (χ0n) is 10.5. The van der Waals surface area contributed by atoms with Crippen LogP contribution >= 0.6 is 11.3 Å². The van der Waals surface area contributed by atoms with Crippen molar-refractivity contribution >= 4 is 17.2 Å². The van der Waals surface area contributed by atoms with Gasteiger partial charge in [0.1, 0.15) is 0 Å². The van der Waals surface area contributed by atoms with E-state index in [-0.39, 0.29) is 5.91 Å². The number of aryl methyl sites for hydroxylation is 1. The SMILES string of the molecule is Cc1ncc(CNC(=O)c2cn(C3CNC3)nn2)s1. The summed E-state index contributed by atoms with van der Waals surface area (Å²) in [6, 6.07) is 0.318. The first kappa shape index (κ1) is 12.2. The smallest absolute Gasteiger partial charge is 0.273 e. The highest BCUT2D eigenvalue weighted by Gasteiger charge is 2.21. The van der Waals surface area contributed by atoms with E-state index in [4.69, 9.17) is 0 Å². The Morgan fingerprint density at radius 3 is 3.11 bits per heavy atom. The van der Waals surface area contributed by atoms with Crippen LogP contribution < -0.4 is 10.6 Å². The van der Waals surface area contributed by atoms with E-state index in [0.717, 1.165) is 23.0 Å². The number of aromatic nitrogens is 4. The summed E-state index contributed by atoms with van der Waals surface area (Å²) in [5, 5.41) is 14.8. The van der Waals surface area contributed by atoms with E-state index in [1.807, 2.05) is 6.92 Å². The normalized spacial score (nSPS) is 15.2. The van der Waals surface area contributed by atoms with Gasteiger partial charge >= 0.3 is 0 Å². The Morgan fingerprint density at radius 2 is 2.47 bits per heavy atom. The van der Waals surface area contributed by atoms with E-state index in [0.29, 0.717) is 18.3 Å². The lowest BCUT2D eigenvalue weighted by atomic mass is 10.2. The van der Waals surface area contributed by atoms with Crippen molar-refractivity contribution in [2.75, 3.05) is 13.1 Å². The van der Waals surface area contributed by atoms with Crippen LogP contribution in [0.4, 0.5) is 0 Å². The van der Waals surface area contributed by atoms with E-state index < -0.39 is 0 Å². The molecule has 1 saturated heterocycles. The fourth-order valence-electron chi connectivity index (χ4n) is 1.76. The maximum absolute atomic E-state index is 11.9. The molecule has 7 nitrogen and oxygen atoms in total. The van der Waals surface area contributed by atoms with E-state index in [1.54, 1.807) is 28.4 Å². The molecule has 2 aromatic heterocycles. The lowest BCUT2D eigenvalue weighted by Gasteiger charge is -2.26. The van der Waals surface area contributed by atoms with E-state index >= 15 is 0 Å². The Hall–Kier alpha value is -1.80. The molecule has 1 aliphatic rings. The van der Waals surface area contributed by atoms with Crippen molar-refractivity contribution < 1.29 is 4.79 Å². The van der Waals surface area contributed by atoms with E-state index in [9.17, 15) is 4.79 Å². The first-order chi connectivity index (χ1) is 9.22. The minimum Gasteiger partial charge on any atom is -0.346 e. The number of nitrogens with zero attached hydrogens (tertiary/aromatic N) is 4. The third kappa shape index (κ3) is 2.64. The van der Waals surface area contributed by atoms with Crippen molar-refractivity contribution in [1.29, 1.82) is 0 Å². The number of hydrogen-bond donors (Lipinski definition) is 2. The first-order valence-corrected chi connectivity index (χ1v) is 6.86. The van der Waals surface area contributed by atoms with Gasteiger partial charge < -0.3 is 10.6 Å². The van der Waals surface area contributed by atoms with Gasteiger partial charge in [0.15, 0.2) is 5.69 Å². The molecule has 0 radical (unpaired) electrons. The molecule has 1 amide bonds. The number of thiazole rings is 1. The van der Waals surface area contributed by atoms with Crippen LogP contribution in [0, 0.1) is 6.92 Å². The summed E-state index contributed by atoms with van der Waals surface area (Å²) in [4.78, 5) is 17.1. The zero-order chi connectivity index (χ0) is 13.2. The van der Waals surface area contributed by atoms with Gasteiger partial charge in [0.05, 0.1) is 23.8 Å². The van der Waals surface area contributed by atoms with Gasteiger partial charge in [-0.25, -0.2) is 9.67 Å². The second kappa shape index (κ2) is 5.06. The van der Waals surface area contributed by atoms with Gasteiger partial charge in [-0.05, 0) is 6.92 Å². The lowest BCUT2D eigenvalue weighted by molar-refractivity contribution is 0.0946. The van der Waals surface area contributed by atoms with Crippen LogP contribution in [0.1, 0.15) is 26.4 Å². The second-order valence-electron chi connectivity index (χ2n) is 4.42. The molecular formula is C11H14N6OS. The highest BCUT2D eigenvalue weighted by Crippen LogP contribution is 2.12. The van der Waals surface area contributed by atoms with Crippen molar-refractivity contribution in [3.8, 4) is 0 Å². The maximum atomic E-state index is 11.9. The van der Waals surface area contributed by atoms with Crippen molar-refractivity contribution in [3.63, 3.8) is 0 Å². The second-order valence-corrected chi connectivity index (χ2v) is 5.74. The topological polar surface area (TPSA) is 84.7 Å².